The zero-order chi connectivity index (χ0) is 19.1. The molecule has 0 spiro atoms. The fraction of sp³-hybridized carbons (Fsp3) is 0.190. The van der Waals surface area contributed by atoms with E-state index in [4.69, 9.17) is 4.74 Å². The van der Waals surface area contributed by atoms with E-state index in [-0.39, 0.29) is 17.7 Å². The van der Waals surface area contributed by atoms with Crippen molar-refractivity contribution in [3.05, 3.63) is 72.3 Å². The molecular formula is C21H21N3O3. The molecular weight excluding hydrogens is 342 g/mol. The second-order valence-electron chi connectivity index (χ2n) is 6.18. The molecule has 1 aliphatic rings. The summed E-state index contributed by atoms with van der Waals surface area (Å²) in [5.74, 6) is 0.497. The average molecular weight is 363 g/mol. The molecule has 2 N–H and O–H groups in total. The average Bonchev–Trinajstić information content (AvgIpc) is 3.53. The number of anilines is 1. The normalized spacial score (nSPS) is 13.2. The number of rotatable bonds is 8. The first-order valence-electron chi connectivity index (χ1n) is 8.74. The molecule has 1 fully saturated rings. The molecule has 0 aliphatic heterocycles. The summed E-state index contributed by atoms with van der Waals surface area (Å²) >= 11 is 0. The first-order chi connectivity index (χ1) is 13.2. The number of nitrogens with one attached hydrogen (secondary N) is 2. The number of ether oxygens (including phenoxy) is 1. The highest BCUT2D eigenvalue weighted by Crippen LogP contribution is 2.30. The lowest BCUT2D eigenvalue weighted by Gasteiger charge is -2.07. The number of hydrogen-bond acceptors (Lipinski definition) is 4. The summed E-state index contributed by atoms with van der Waals surface area (Å²) < 4.78 is 5.54. The summed E-state index contributed by atoms with van der Waals surface area (Å²) in [5, 5.41) is 6.83. The summed E-state index contributed by atoms with van der Waals surface area (Å²) in [6, 6.07) is 14.1. The molecule has 27 heavy (non-hydrogen) atoms. The molecule has 2 aromatic rings. The topological polar surface area (TPSA) is 79.8 Å². The van der Waals surface area contributed by atoms with Crippen LogP contribution in [0.3, 0.4) is 0 Å². The maximum Gasteiger partial charge on any atom is 0.271 e. The van der Waals surface area contributed by atoms with Crippen molar-refractivity contribution in [2.24, 2.45) is 11.0 Å². The highest BCUT2D eigenvalue weighted by atomic mass is 16.5. The molecule has 2 aromatic carbocycles. The minimum Gasteiger partial charge on any atom is -0.489 e. The van der Waals surface area contributed by atoms with Crippen molar-refractivity contribution in [1.29, 1.82) is 0 Å². The van der Waals surface area contributed by atoms with Gasteiger partial charge in [-0.25, -0.2) is 5.43 Å². The zero-order valence-corrected chi connectivity index (χ0v) is 14.9. The van der Waals surface area contributed by atoms with Crippen LogP contribution in [0.4, 0.5) is 5.69 Å². The number of hydrazone groups is 1. The molecule has 0 aromatic heterocycles. The fourth-order valence-corrected chi connectivity index (χ4v) is 2.39. The largest absolute Gasteiger partial charge is 0.489 e. The van der Waals surface area contributed by atoms with Crippen molar-refractivity contribution in [3.63, 3.8) is 0 Å². The third kappa shape index (κ3) is 5.28. The quantitative estimate of drug-likeness (QED) is 0.429. The van der Waals surface area contributed by atoms with Gasteiger partial charge in [0.1, 0.15) is 12.4 Å². The Labute approximate surface area is 157 Å². The van der Waals surface area contributed by atoms with Crippen molar-refractivity contribution in [1.82, 2.24) is 5.43 Å². The lowest BCUT2D eigenvalue weighted by Crippen LogP contribution is -2.18. The fourth-order valence-electron chi connectivity index (χ4n) is 2.39. The zero-order valence-electron chi connectivity index (χ0n) is 14.9. The number of benzene rings is 2. The summed E-state index contributed by atoms with van der Waals surface area (Å²) in [4.78, 5) is 23.9. The van der Waals surface area contributed by atoms with Gasteiger partial charge in [-0.2, -0.15) is 5.10 Å². The number of carbonyl (C=O) groups is 2. The molecule has 2 amide bonds. The van der Waals surface area contributed by atoms with E-state index >= 15 is 0 Å². The van der Waals surface area contributed by atoms with Crippen LogP contribution in [0.2, 0.25) is 0 Å². The van der Waals surface area contributed by atoms with E-state index in [0.717, 1.165) is 18.4 Å². The summed E-state index contributed by atoms with van der Waals surface area (Å²) in [7, 11) is 0. The predicted octanol–water partition coefficient (Wildman–Crippen LogP) is 3.36. The molecule has 1 aliphatic carbocycles. The van der Waals surface area contributed by atoms with Crippen LogP contribution in [-0.2, 0) is 4.79 Å². The maximum absolute atomic E-state index is 12.2. The van der Waals surface area contributed by atoms with Gasteiger partial charge in [0.05, 0.1) is 6.21 Å². The minimum absolute atomic E-state index is 0.0362. The van der Waals surface area contributed by atoms with Gasteiger partial charge in [-0.15, -0.1) is 0 Å². The molecule has 3 rings (SSSR count). The molecule has 0 unspecified atom stereocenters. The molecule has 6 nitrogen and oxygen atoms in total. The van der Waals surface area contributed by atoms with Gasteiger partial charge in [-0.05, 0) is 49.2 Å². The molecule has 0 saturated heterocycles. The highest BCUT2D eigenvalue weighted by molar-refractivity contribution is 5.97. The second-order valence-corrected chi connectivity index (χ2v) is 6.18. The Balaban J connectivity index is 1.56. The van der Waals surface area contributed by atoms with E-state index in [1.54, 1.807) is 30.3 Å². The molecule has 1 saturated carbocycles. The number of para-hydroxylation sites is 1. The Hall–Kier alpha value is -3.41. The molecule has 6 heteroatoms. The first-order valence-corrected chi connectivity index (χ1v) is 8.74. The standard InChI is InChI=1S/C21H21N3O3/c1-2-13-27-19-6-4-3-5-17(19)14-22-24-21(26)16-9-11-18(12-10-16)23-20(25)15-7-8-15/h2-6,9-12,14-15H,1,7-8,13H2,(H,23,25)(H,24,26)/b22-14+. The second kappa shape index (κ2) is 8.80. The maximum atomic E-state index is 12.2. The van der Waals surface area contributed by atoms with Crippen molar-refractivity contribution >= 4 is 23.7 Å². The first kappa shape index (κ1) is 18.4. The smallest absolute Gasteiger partial charge is 0.271 e. The Morgan fingerprint density at radius 1 is 1.15 bits per heavy atom. The van der Waals surface area contributed by atoms with E-state index in [1.807, 2.05) is 24.3 Å². The lowest BCUT2D eigenvalue weighted by atomic mass is 10.2. The summed E-state index contributed by atoms with van der Waals surface area (Å²) in [5.41, 5.74) is 4.37. The van der Waals surface area contributed by atoms with Crippen LogP contribution in [0.1, 0.15) is 28.8 Å². The van der Waals surface area contributed by atoms with Crippen LogP contribution in [0.5, 0.6) is 5.75 Å². The molecule has 0 radical (unpaired) electrons. The van der Waals surface area contributed by atoms with Gasteiger partial charge in [0.25, 0.3) is 5.91 Å². The van der Waals surface area contributed by atoms with Gasteiger partial charge in [0.2, 0.25) is 5.91 Å². The SMILES string of the molecule is C=CCOc1ccccc1/C=N/NC(=O)c1ccc(NC(=O)C2CC2)cc1. The Morgan fingerprint density at radius 3 is 2.59 bits per heavy atom. The highest BCUT2D eigenvalue weighted by Gasteiger charge is 2.29. The lowest BCUT2D eigenvalue weighted by molar-refractivity contribution is -0.117. The van der Waals surface area contributed by atoms with Crippen LogP contribution in [0.25, 0.3) is 0 Å². The van der Waals surface area contributed by atoms with Gasteiger partial charge >= 0.3 is 0 Å². The number of nitrogens with zero attached hydrogens (tertiary/aromatic N) is 1. The van der Waals surface area contributed by atoms with E-state index in [9.17, 15) is 9.59 Å². The molecule has 0 bridgehead atoms. The summed E-state index contributed by atoms with van der Waals surface area (Å²) in [6.45, 7) is 4.01. The minimum atomic E-state index is -0.337. The Kier molecular flexibility index (Phi) is 5.99. The van der Waals surface area contributed by atoms with Gasteiger partial charge in [0.15, 0.2) is 0 Å². The van der Waals surface area contributed by atoms with Crippen molar-refractivity contribution in [3.8, 4) is 5.75 Å². The Bertz CT molecular complexity index is 855. The third-order valence-electron chi connectivity index (χ3n) is 4.01. The van der Waals surface area contributed by atoms with Crippen molar-refractivity contribution in [2.45, 2.75) is 12.8 Å². The van der Waals surface area contributed by atoms with E-state index in [2.05, 4.69) is 22.4 Å². The van der Waals surface area contributed by atoms with Crippen LogP contribution < -0.4 is 15.5 Å². The van der Waals surface area contributed by atoms with Crippen LogP contribution in [0, 0.1) is 5.92 Å². The molecule has 0 heterocycles. The monoisotopic (exact) mass is 363 g/mol. The number of amides is 2. The van der Waals surface area contributed by atoms with Crippen molar-refractivity contribution < 1.29 is 14.3 Å². The van der Waals surface area contributed by atoms with Crippen LogP contribution in [-0.4, -0.2) is 24.6 Å². The van der Waals surface area contributed by atoms with Gasteiger partial charge in [-0.1, -0.05) is 24.8 Å². The number of hydrogen-bond donors (Lipinski definition) is 2. The van der Waals surface area contributed by atoms with Gasteiger partial charge < -0.3 is 10.1 Å². The molecule has 0 atom stereocenters. The molecule has 138 valence electrons. The predicted molar refractivity (Wildman–Crippen MR) is 105 cm³/mol. The van der Waals surface area contributed by atoms with Gasteiger partial charge in [0, 0.05) is 22.7 Å². The van der Waals surface area contributed by atoms with Crippen LogP contribution >= 0.6 is 0 Å². The van der Waals surface area contributed by atoms with E-state index in [1.165, 1.54) is 6.21 Å². The van der Waals surface area contributed by atoms with Crippen LogP contribution in [0.15, 0.2) is 66.3 Å². The van der Waals surface area contributed by atoms with Gasteiger partial charge in [-0.3, -0.25) is 9.59 Å². The van der Waals surface area contributed by atoms with E-state index < -0.39 is 0 Å². The number of carbonyl (C=O) groups excluding carboxylic acids is 2. The van der Waals surface area contributed by atoms with E-state index in [0.29, 0.717) is 23.6 Å². The van der Waals surface area contributed by atoms with Crippen molar-refractivity contribution in [2.75, 3.05) is 11.9 Å². The third-order valence-corrected chi connectivity index (χ3v) is 4.01. The Morgan fingerprint density at radius 2 is 1.89 bits per heavy atom. The summed E-state index contributed by atoms with van der Waals surface area (Å²) in [6.07, 6.45) is 5.09.